The molecule has 150 valence electrons. The number of carboxylic acid groups (broad SMARTS) is 1. The van der Waals surface area contributed by atoms with E-state index >= 15 is 0 Å². The molecular weight excluding hydrogens is 350 g/mol. The molecule has 0 N–H and O–H groups in total. The van der Waals surface area contributed by atoms with E-state index in [1.165, 1.54) is 0 Å². The molecule has 0 spiro atoms. The Balaban J connectivity index is 1.52. The summed E-state index contributed by atoms with van der Waals surface area (Å²) in [4.78, 5) is 13.7. The number of carbonyl (C=O) groups excluding carboxylic acids is 1. The number of hydrogen-bond donors (Lipinski definition) is 0. The van der Waals surface area contributed by atoms with Gasteiger partial charge in [0.2, 0.25) is 0 Å². The normalized spacial score (nSPS) is 16.9. The van der Waals surface area contributed by atoms with E-state index in [2.05, 4.69) is 29.2 Å². The van der Waals surface area contributed by atoms with Gasteiger partial charge < -0.3 is 19.5 Å². The molecule has 2 aromatic rings. The van der Waals surface area contributed by atoms with Crippen LogP contribution in [0.3, 0.4) is 0 Å². The molecule has 0 amide bonds. The van der Waals surface area contributed by atoms with Crippen molar-refractivity contribution in [2.45, 2.75) is 32.3 Å². The highest BCUT2D eigenvalue weighted by molar-refractivity contribution is 5.67. The number of piperidine rings is 1. The molecule has 1 heterocycles. The van der Waals surface area contributed by atoms with Gasteiger partial charge in [0.1, 0.15) is 6.10 Å². The Kier molecular flexibility index (Phi) is 7.63. The first-order valence-corrected chi connectivity index (χ1v) is 10.3. The number of aliphatic carboxylic acids is 1. The van der Waals surface area contributed by atoms with Crippen LogP contribution in [0.15, 0.2) is 60.7 Å². The molecule has 0 radical (unpaired) electrons. The number of ether oxygens (including phenoxy) is 1. The lowest BCUT2D eigenvalue weighted by Crippen LogP contribution is -2.42. The molecule has 3 rings (SSSR count). The standard InChI is InChI=1S/C24H31NO3/c1-2-22(24(26)27)19-13-15-25(16-14-19)17-18-28-23(20-9-5-3-6-10-20)21-11-7-4-8-12-21/h3-12,19,22-23H,2,13-18H2,1H3,(H,26,27)/p-1. The van der Waals surface area contributed by atoms with Crippen molar-refractivity contribution in [3.8, 4) is 0 Å². The fourth-order valence-corrected chi connectivity index (χ4v) is 4.21. The zero-order chi connectivity index (χ0) is 19.8. The Morgan fingerprint density at radius 3 is 2.04 bits per heavy atom. The van der Waals surface area contributed by atoms with Gasteiger partial charge in [-0.1, -0.05) is 67.6 Å². The van der Waals surface area contributed by atoms with E-state index in [1.54, 1.807) is 0 Å². The van der Waals surface area contributed by atoms with Gasteiger partial charge in [-0.3, -0.25) is 0 Å². The van der Waals surface area contributed by atoms with Gasteiger partial charge in [0.25, 0.3) is 0 Å². The van der Waals surface area contributed by atoms with Gasteiger partial charge in [-0.15, -0.1) is 0 Å². The highest BCUT2D eigenvalue weighted by atomic mass is 16.5. The monoisotopic (exact) mass is 380 g/mol. The van der Waals surface area contributed by atoms with Crippen LogP contribution < -0.4 is 5.11 Å². The van der Waals surface area contributed by atoms with Crippen molar-refractivity contribution in [1.29, 1.82) is 0 Å². The number of carboxylic acids is 1. The molecule has 0 aliphatic carbocycles. The summed E-state index contributed by atoms with van der Waals surface area (Å²) in [6.07, 6.45) is 2.44. The molecule has 1 saturated heterocycles. The summed E-state index contributed by atoms with van der Waals surface area (Å²) in [6, 6.07) is 20.6. The van der Waals surface area contributed by atoms with Crippen LogP contribution in [-0.4, -0.2) is 37.1 Å². The minimum absolute atomic E-state index is 0.0671. The van der Waals surface area contributed by atoms with E-state index in [0.29, 0.717) is 13.0 Å². The number of likely N-dealkylation sites (tertiary alicyclic amines) is 1. The van der Waals surface area contributed by atoms with Gasteiger partial charge in [-0.2, -0.15) is 0 Å². The second-order valence-electron chi connectivity index (χ2n) is 7.59. The minimum Gasteiger partial charge on any atom is -0.550 e. The second-order valence-corrected chi connectivity index (χ2v) is 7.59. The first-order valence-electron chi connectivity index (χ1n) is 10.3. The lowest BCUT2D eigenvalue weighted by Gasteiger charge is -2.36. The number of benzene rings is 2. The van der Waals surface area contributed by atoms with E-state index in [9.17, 15) is 9.90 Å². The molecule has 1 fully saturated rings. The predicted octanol–water partition coefficient (Wildman–Crippen LogP) is 3.28. The third kappa shape index (κ3) is 5.43. The average molecular weight is 381 g/mol. The van der Waals surface area contributed by atoms with Crippen molar-refractivity contribution < 1.29 is 14.6 Å². The molecule has 0 bridgehead atoms. The smallest absolute Gasteiger partial charge is 0.108 e. The Morgan fingerprint density at radius 1 is 1.04 bits per heavy atom. The van der Waals surface area contributed by atoms with Gasteiger partial charge in [0.05, 0.1) is 6.61 Å². The van der Waals surface area contributed by atoms with Crippen LogP contribution in [0.2, 0.25) is 0 Å². The molecule has 28 heavy (non-hydrogen) atoms. The van der Waals surface area contributed by atoms with Crippen LogP contribution in [0, 0.1) is 11.8 Å². The van der Waals surface area contributed by atoms with Crippen LogP contribution in [0.5, 0.6) is 0 Å². The molecule has 1 unspecified atom stereocenters. The maximum Gasteiger partial charge on any atom is 0.108 e. The topological polar surface area (TPSA) is 52.6 Å². The van der Waals surface area contributed by atoms with Gasteiger partial charge >= 0.3 is 0 Å². The zero-order valence-electron chi connectivity index (χ0n) is 16.6. The average Bonchev–Trinajstić information content (AvgIpc) is 2.74. The van der Waals surface area contributed by atoms with Crippen LogP contribution in [0.1, 0.15) is 43.4 Å². The maximum atomic E-state index is 11.3. The molecule has 4 heteroatoms. The van der Waals surface area contributed by atoms with Gasteiger partial charge in [0, 0.05) is 18.4 Å². The van der Waals surface area contributed by atoms with Crippen molar-refractivity contribution in [3.05, 3.63) is 71.8 Å². The number of rotatable bonds is 9. The van der Waals surface area contributed by atoms with E-state index in [4.69, 9.17) is 4.74 Å². The summed E-state index contributed by atoms with van der Waals surface area (Å²) in [6.45, 7) is 5.31. The fourth-order valence-electron chi connectivity index (χ4n) is 4.21. The Labute approximate surface area is 168 Å². The maximum absolute atomic E-state index is 11.3. The summed E-state index contributed by atoms with van der Waals surface area (Å²) < 4.78 is 6.30. The zero-order valence-corrected chi connectivity index (χ0v) is 16.6. The first kappa shape index (κ1) is 20.6. The third-order valence-electron chi connectivity index (χ3n) is 5.84. The van der Waals surface area contributed by atoms with Gasteiger partial charge in [0.15, 0.2) is 0 Å². The molecule has 1 aliphatic rings. The number of nitrogens with zero attached hydrogens (tertiary/aromatic N) is 1. The Hall–Kier alpha value is -2.17. The summed E-state index contributed by atoms with van der Waals surface area (Å²) in [5, 5.41) is 11.3. The second kappa shape index (κ2) is 10.4. The molecule has 2 aromatic carbocycles. The quantitative estimate of drug-likeness (QED) is 0.670. The first-order chi connectivity index (χ1) is 13.7. The summed E-state index contributed by atoms with van der Waals surface area (Å²) in [5.41, 5.74) is 2.32. The minimum atomic E-state index is -0.891. The summed E-state index contributed by atoms with van der Waals surface area (Å²) in [7, 11) is 0. The van der Waals surface area contributed by atoms with Crippen LogP contribution in [0.4, 0.5) is 0 Å². The molecule has 1 aliphatic heterocycles. The van der Waals surface area contributed by atoms with E-state index < -0.39 is 5.97 Å². The van der Waals surface area contributed by atoms with Crippen molar-refractivity contribution in [1.82, 2.24) is 4.90 Å². The number of hydrogen-bond acceptors (Lipinski definition) is 4. The molecule has 1 atom stereocenters. The lowest BCUT2D eigenvalue weighted by atomic mass is 9.83. The Morgan fingerprint density at radius 2 is 1.57 bits per heavy atom. The molecule has 0 saturated carbocycles. The predicted molar refractivity (Wildman–Crippen MR) is 109 cm³/mol. The Bertz CT molecular complexity index is 672. The van der Waals surface area contributed by atoms with Crippen molar-refractivity contribution >= 4 is 5.97 Å². The molecule has 4 nitrogen and oxygen atoms in total. The van der Waals surface area contributed by atoms with E-state index in [1.807, 2.05) is 43.3 Å². The van der Waals surface area contributed by atoms with Crippen molar-refractivity contribution in [2.24, 2.45) is 11.8 Å². The van der Waals surface area contributed by atoms with Crippen LogP contribution in [0.25, 0.3) is 0 Å². The van der Waals surface area contributed by atoms with Crippen LogP contribution in [-0.2, 0) is 9.53 Å². The highest BCUT2D eigenvalue weighted by Crippen LogP contribution is 2.28. The largest absolute Gasteiger partial charge is 0.550 e. The lowest BCUT2D eigenvalue weighted by molar-refractivity contribution is -0.313. The van der Waals surface area contributed by atoms with Gasteiger partial charge in [-0.25, -0.2) is 0 Å². The molecular formula is C24H30NO3-. The summed E-state index contributed by atoms with van der Waals surface area (Å²) >= 11 is 0. The van der Waals surface area contributed by atoms with Gasteiger partial charge in [-0.05, 0) is 49.4 Å². The highest BCUT2D eigenvalue weighted by Gasteiger charge is 2.26. The SMILES string of the molecule is CCC(C(=O)[O-])C1CCN(CCOC(c2ccccc2)c2ccccc2)CC1. The van der Waals surface area contributed by atoms with Crippen LogP contribution >= 0.6 is 0 Å². The van der Waals surface area contributed by atoms with Crippen molar-refractivity contribution in [2.75, 3.05) is 26.2 Å². The van der Waals surface area contributed by atoms with E-state index in [0.717, 1.165) is 43.6 Å². The molecule has 0 aromatic heterocycles. The summed E-state index contributed by atoms with van der Waals surface area (Å²) in [5.74, 6) is -0.953. The van der Waals surface area contributed by atoms with Crippen molar-refractivity contribution in [3.63, 3.8) is 0 Å². The van der Waals surface area contributed by atoms with E-state index in [-0.39, 0.29) is 17.9 Å². The number of carbonyl (C=O) groups is 1. The fraction of sp³-hybridized carbons (Fsp3) is 0.458. The third-order valence-corrected chi connectivity index (χ3v) is 5.84.